The maximum atomic E-state index is 12.7. The number of hydrogen-bond donors (Lipinski definition) is 1. The fourth-order valence-corrected chi connectivity index (χ4v) is 2.47. The zero-order valence-electron chi connectivity index (χ0n) is 10.1. The number of fused-ring (bicyclic) bond motifs is 1. The Labute approximate surface area is 114 Å². The number of rotatable bonds is 3. The number of ether oxygens (including phenoxy) is 1. The lowest BCUT2D eigenvalue weighted by Crippen LogP contribution is -2.08. The van der Waals surface area contributed by atoms with Crippen molar-refractivity contribution in [1.29, 1.82) is 0 Å². The lowest BCUT2D eigenvalue weighted by molar-refractivity contribution is 0.287. The van der Waals surface area contributed by atoms with E-state index in [-0.39, 0.29) is 0 Å². The van der Waals surface area contributed by atoms with E-state index in [0.717, 1.165) is 42.5 Å². The highest BCUT2D eigenvalue weighted by molar-refractivity contribution is 8.00. The second-order valence-electron chi connectivity index (χ2n) is 4.15. The second-order valence-corrected chi connectivity index (χ2v) is 5.03. The fraction of sp³-hybridized carbons (Fsp3) is 0.231. The number of benzene rings is 1. The van der Waals surface area contributed by atoms with Crippen LogP contribution in [0.3, 0.4) is 0 Å². The number of aromatic nitrogens is 2. The molecule has 98 valence electrons. The Bertz CT molecular complexity index is 577. The monoisotopic (exact) mass is 277 g/mol. The zero-order valence-corrected chi connectivity index (χ0v) is 10.9. The molecule has 0 amide bonds. The average Bonchev–Trinajstić information content (AvgIpc) is 2.46. The molecule has 1 aromatic heterocycles. The first kappa shape index (κ1) is 12.2. The molecule has 6 heteroatoms. The lowest BCUT2D eigenvalue weighted by atomic mass is 10.1. The summed E-state index contributed by atoms with van der Waals surface area (Å²) in [4.78, 5) is 8.67. The third-order valence-corrected chi connectivity index (χ3v) is 3.54. The van der Waals surface area contributed by atoms with Crippen molar-refractivity contribution >= 4 is 17.9 Å². The normalized spacial score (nSPS) is 13.5. The van der Waals surface area contributed by atoms with E-state index in [2.05, 4.69) is 20.8 Å². The van der Waals surface area contributed by atoms with Crippen LogP contribution in [0.25, 0.3) is 0 Å². The van der Waals surface area contributed by atoms with Crippen LogP contribution in [-0.2, 0) is 6.42 Å². The van der Waals surface area contributed by atoms with Gasteiger partial charge in [-0.2, -0.15) is 0 Å². The largest absolute Gasteiger partial charge is 0.493 e. The van der Waals surface area contributed by atoms with Gasteiger partial charge >= 0.3 is 0 Å². The number of aryl methyl sites for hydroxylation is 1. The van der Waals surface area contributed by atoms with Gasteiger partial charge in [-0.3, -0.25) is 4.72 Å². The quantitative estimate of drug-likeness (QED) is 0.874. The van der Waals surface area contributed by atoms with E-state index in [1.807, 2.05) is 12.1 Å². The van der Waals surface area contributed by atoms with E-state index in [4.69, 9.17) is 4.74 Å². The standard InChI is InChI=1S/C13H12FN3OS/c14-10-7-15-13(16-8-10)17-19-11-4-3-9-2-1-5-18-12(9)6-11/h3-4,6-8H,1-2,5H2,(H,15,16,17). The minimum atomic E-state index is -0.447. The van der Waals surface area contributed by atoms with Crippen LogP contribution in [0.15, 0.2) is 35.5 Å². The number of nitrogens with zero attached hydrogens (tertiary/aromatic N) is 2. The fourth-order valence-electron chi connectivity index (χ4n) is 1.85. The molecule has 19 heavy (non-hydrogen) atoms. The van der Waals surface area contributed by atoms with Gasteiger partial charge in [0.25, 0.3) is 0 Å². The number of nitrogens with one attached hydrogen (secondary N) is 1. The molecule has 0 saturated heterocycles. The van der Waals surface area contributed by atoms with Crippen molar-refractivity contribution in [3.63, 3.8) is 0 Å². The van der Waals surface area contributed by atoms with Gasteiger partial charge in [0.15, 0.2) is 5.82 Å². The first-order chi connectivity index (χ1) is 9.31. The Morgan fingerprint density at radius 2 is 2.11 bits per heavy atom. The first-order valence-corrected chi connectivity index (χ1v) is 6.79. The highest BCUT2D eigenvalue weighted by Gasteiger charge is 2.10. The van der Waals surface area contributed by atoms with Crippen molar-refractivity contribution in [2.45, 2.75) is 17.7 Å². The van der Waals surface area contributed by atoms with Gasteiger partial charge in [0, 0.05) is 4.90 Å². The van der Waals surface area contributed by atoms with E-state index >= 15 is 0 Å². The smallest absolute Gasteiger partial charge is 0.233 e. The predicted octanol–water partition coefficient (Wildman–Crippen LogP) is 3.06. The molecule has 0 aliphatic carbocycles. The maximum Gasteiger partial charge on any atom is 0.233 e. The van der Waals surface area contributed by atoms with Crippen molar-refractivity contribution in [3.8, 4) is 5.75 Å². The summed E-state index contributed by atoms with van der Waals surface area (Å²) in [5.41, 5.74) is 1.24. The van der Waals surface area contributed by atoms with Crippen molar-refractivity contribution in [2.24, 2.45) is 0 Å². The van der Waals surface area contributed by atoms with Crippen LogP contribution in [0.5, 0.6) is 5.75 Å². The molecule has 0 fully saturated rings. The van der Waals surface area contributed by atoms with Gasteiger partial charge < -0.3 is 4.74 Å². The Hall–Kier alpha value is -1.82. The van der Waals surface area contributed by atoms with Crippen LogP contribution in [-0.4, -0.2) is 16.6 Å². The SMILES string of the molecule is Fc1cnc(NSc2ccc3c(c2)OCCC3)nc1. The van der Waals surface area contributed by atoms with Crippen molar-refractivity contribution in [1.82, 2.24) is 9.97 Å². The first-order valence-electron chi connectivity index (χ1n) is 5.97. The number of hydrogen-bond acceptors (Lipinski definition) is 5. The average molecular weight is 277 g/mol. The van der Waals surface area contributed by atoms with E-state index < -0.39 is 5.82 Å². The van der Waals surface area contributed by atoms with Crippen molar-refractivity contribution in [3.05, 3.63) is 42.0 Å². The Balaban J connectivity index is 1.68. The summed E-state index contributed by atoms with van der Waals surface area (Å²) in [6, 6.07) is 6.09. The summed E-state index contributed by atoms with van der Waals surface area (Å²) in [5.74, 6) is 0.876. The van der Waals surface area contributed by atoms with Gasteiger partial charge in [-0.1, -0.05) is 6.07 Å². The van der Waals surface area contributed by atoms with Crippen LogP contribution >= 0.6 is 11.9 Å². The summed E-state index contributed by atoms with van der Waals surface area (Å²) < 4.78 is 21.2. The molecule has 0 spiro atoms. The molecular formula is C13H12FN3OS. The van der Waals surface area contributed by atoms with Gasteiger partial charge in [0.1, 0.15) is 5.75 Å². The van der Waals surface area contributed by atoms with Crippen LogP contribution < -0.4 is 9.46 Å². The predicted molar refractivity (Wildman–Crippen MR) is 71.7 cm³/mol. The molecule has 2 aromatic rings. The Morgan fingerprint density at radius 1 is 1.26 bits per heavy atom. The Kier molecular flexibility index (Phi) is 3.50. The van der Waals surface area contributed by atoms with Gasteiger partial charge in [-0.05, 0) is 42.5 Å². The molecule has 1 aliphatic heterocycles. The van der Waals surface area contributed by atoms with E-state index in [1.165, 1.54) is 17.5 Å². The van der Waals surface area contributed by atoms with E-state index in [0.29, 0.717) is 5.95 Å². The maximum absolute atomic E-state index is 12.7. The van der Waals surface area contributed by atoms with Gasteiger partial charge in [-0.15, -0.1) is 0 Å². The molecule has 1 N–H and O–H groups in total. The minimum absolute atomic E-state index is 0.380. The molecule has 3 rings (SSSR count). The molecule has 2 heterocycles. The third-order valence-electron chi connectivity index (χ3n) is 2.77. The number of anilines is 1. The molecule has 1 aliphatic rings. The highest BCUT2D eigenvalue weighted by atomic mass is 32.2. The minimum Gasteiger partial charge on any atom is -0.493 e. The topological polar surface area (TPSA) is 47.0 Å². The van der Waals surface area contributed by atoms with Crippen LogP contribution in [0.2, 0.25) is 0 Å². The third kappa shape index (κ3) is 2.96. The zero-order chi connectivity index (χ0) is 13.1. The Morgan fingerprint density at radius 3 is 2.95 bits per heavy atom. The number of halogens is 1. The lowest BCUT2D eigenvalue weighted by Gasteiger charge is -2.17. The molecule has 0 saturated carbocycles. The van der Waals surface area contributed by atoms with Crippen LogP contribution in [0.4, 0.5) is 10.3 Å². The molecule has 0 radical (unpaired) electrons. The second kappa shape index (κ2) is 5.44. The molecule has 4 nitrogen and oxygen atoms in total. The van der Waals surface area contributed by atoms with E-state index in [9.17, 15) is 4.39 Å². The van der Waals surface area contributed by atoms with Gasteiger partial charge in [-0.25, -0.2) is 14.4 Å². The summed E-state index contributed by atoms with van der Waals surface area (Å²) in [6.07, 6.45) is 4.40. The van der Waals surface area contributed by atoms with Crippen molar-refractivity contribution < 1.29 is 9.13 Å². The van der Waals surface area contributed by atoms with Gasteiger partial charge in [0.2, 0.25) is 5.95 Å². The summed E-state index contributed by atoms with van der Waals surface area (Å²) >= 11 is 1.37. The highest BCUT2D eigenvalue weighted by Crippen LogP contribution is 2.30. The summed E-state index contributed by atoms with van der Waals surface area (Å²) in [6.45, 7) is 0.773. The van der Waals surface area contributed by atoms with Crippen LogP contribution in [0.1, 0.15) is 12.0 Å². The molecule has 0 unspecified atom stereocenters. The molecule has 0 atom stereocenters. The summed E-state index contributed by atoms with van der Waals surface area (Å²) in [7, 11) is 0. The van der Waals surface area contributed by atoms with Gasteiger partial charge in [0.05, 0.1) is 19.0 Å². The molecular weight excluding hydrogens is 265 g/mol. The van der Waals surface area contributed by atoms with Crippen LogP contribution in [0, 0.1) is 5.82 Å². The summed E-state index contributed by atoms with van der Waals surface area (Å²) in [5, 5.41) is 0. The molecule has 0 bridgehead atoms. The molecule has 1 aromatic carbocycles. The van der Waals surface area contributed by atoms with Crippen molar-refractivity contribution in [2.75, 3.05) is 11.3 Å². The van der Waals surface area contributed by atoms with E-state index in [1.54, 1.807) is 0 Å².